The van der Waals surface area contributed by atoms with Crippen LogP contribution >= 0.6 is 0 Å². The van der Waals surface area contributed by atoms with Gasteiger partial charge in [0.15, 0.2) is 0 Å². The number of carbonyl (C=O) groups is 2. The zero-order valence-corrected chi connectivity index (χ0v) is 15.1. The maximum Gasteiger partial charge on any atom is 0.573 e. The number of anilines is 1. The molecule has 2 aromatic rings. The van der Waals surface area contributed by atoms with E-state index >= 15 is 0 Å². The Kier molecular flexibility index (Phi) is 5.58. The molecule has 8 heteroatoms. The lowest BCUT2D eigenvalue weighted by atomic mass is 10.0. The van der Waals surface area contributed by atoms with E-state index in [2.05, 4.69) is 15.4 Å². The molecule has 0 spiro atoms. The first-order valence-corrected chi connectivity index (χ1v) is 8.75. The predicted molar refractivity (Wildman–Crippen MR) is 97.1 cm³/mol. The minimum atomic E-state index is -4.82. The molecular weight excluding hydrogens is 373 g/mol. The number of amides is 1. The van der Waals surface area contributed by atoms with E-state index in [1.54, 1.807) is 24.3 Å². The smallest absolute Gasteiger partial charge is 0.405 e. The van der Waals surface area contributed by atoms with E-state index in [9.17, 15) is 22.8 Å². The maximum atomic E-state index is 12.7. The zero-order valence-electron chi connectivity index (χ0n) is 15.1. The molecule has 0 aliphatic carbocycles. The number of carbonyl (C=O) groups excluding carboxylic acids is 2. The summed E-state index contributed by atoms with van der Waals surface area (Å²) in [6.07, 6.45) is -4.22. The molecule has 148 valence electrons. The standard InChI is InChI=1S/C20H19F3N2O3/c1-12-9-15(26)10-13-6-4-7-16(18(13)25-12)19(27)24-11-14-5-2-3-8-17(14)28-20(21,22)23/h2-8,12,25H,9-11H2,1H3,(H,24,27)/t12-/m1/s1. The second-order valence-corrected chi connectivity index (χ2v) is 6.64. The number of para-hydroxylation sites is 2. The summed E-state index contributed by atoms with van der Waals surface area (Å²) in [4.78, 5) is 24.6. The quantitative estimate of drug-likeness (QED) is 0.830. The van der Waals surface area contributed by atoms with E-state index in [1.807, 2.05) is 6.92 Å². The van der Waals surface area contributed by atoms with Crippen LogP contribution in [0, 0.1) is 0 Å². The van der Waals surface area contributed by atoms with Crippen molar-refractivity contribution in [2.24, 2.45) is 0 Å². The number of halogens is 3. The van der Waals surface area contributed by atoms with Crippen molar-refractivity contribution in [3.8, 4) is 5.75 Å². The average molecular weight is 392 g/mol. The molecule has 1 atom stereocenters. The number of benzene rings is 2. The molecule has 1 aliphatic heterocycles. The van der Waals surface area contributed by atoms with Gasteiger partial charge in [0, 0.05) is 31.0 Å². The number of ketones is 1. The minimum absolute atomic E-state index is 0.0783. The summed E-state index contributed by atoms with van der Waals surface area (Å²) in [6, 6.07) is 10.6. The van der Waals surface area contributed by atoms with Crippen LogP contribution in [-0.4, -0.2) is 24.1 Å². The van der Waals surface area contributed by atoms with Crippen molar-refractivity contribution in [2.75, 3.05) is 5.32 Å². The Balaban J connectivity index is 1.79. The highest BCUT2D eigenvalue weighted by Crippen LogP contribution is 2.28. The Morgan fingerprint density at radius 1 is 1.21 bits per heavy atom. The van der Waals surface area contributed by atoms with Gasteiger partial charge in [-0.05, 0) is 24.6 Å². The number of hydrogen-bond acceptors (Lipinski definition) is 4. The Hall–Kier alpha value is -3.03. The highest BCUT2D eigenvalue weighted by Gasteiger charge is 2.32. The second kappa shape index (κ2) is 7.92. The Morgan fingerprint density at radius 3 is 2.71 bits per heavy atom. The first kappa shape index (κ1) is 19.7. The van der Waals surface area contributed by atoms with Crippen molar-refractivity contribution in [1.29, 1.82) is 0 Å². The topological polar surface area (TPSA) is 67.4 Å². The van der Waals surface area contributed by atoms with Gasteiger partial charge in [-0.25, -0.2) is 0 Å². The predicted octanol–water partition coefficient (Wildman–Crippen LogP) is 3.83. The molecule has 0 unspecified atom stereocenters. The summed E-state index contributed by atoms with van der Waals surface area (Å²) >= 11 is 0. The van der Waals surface area contributed by atoms with Crippen molar-refractivity contribution in [3.05, 3.63) is 59.2 Å². The fourth-order valence-corrected chi connectivity index (χ4v) is 3.18. The number of nitrogens with one attached hydrogen (secondary N) is 2. The number of hydrogen-bond donors (Lipinski definition) is 2. The van der Waals surface area contributed by atoms with Crippen LogP contribution in [0.15, 0.2) is 42.5 Å². The van der Waals surface area contributed by atoms with Crippen molar-refractivity contribution >= 4 is 17.4 Å². The maximum absolute atomic E-state index is 12.7. The molecule has 2 aromatic carbocycles. The van der Waals surface area contributed by atoms with Crippen molar-refractivity contribution in [1.82, 2.24) is 5.32 Å². The molecule has 0 bridgehead atoms. The molecule has 0 saturated heterocycles. The number of ether oxygens (including phenoxy) is 1. The Labute approximate surface area is 159 Å². The normalized spacial score (nSPS) is 16.6. The second-order valence-electron chi connectivity index (χ2n) is 6.64. The molecule has 1 amide bonds. The van der Waals surface area contributed by atoms with Crippen LogP contribution in [0.2, 0.25) is 0 Å². The minimum Gasteiger partial charge on any atom is -0.405 e. The van der Waals surface area contributed by atoms with Crippen LogP contribution in [0.25, 0.3) is 0 Å². The number of Topliss-reactive ketones (excluding diaryl/α,β-unsaturated/α-hetero) is 1. The third kappa shape index (κ3) is 4.82. The molecule has 1 heterocycles. The SMILES string of the molecule is C[C@@H]1CC(=O)Cc2cccc(C(=O)NCc3ccccc3OC(F)(F)F)c2N1. The average Bonchev–Trinajstić information content (AvgIpc) is 2.75. The van der Waals surface area contributed by atoms with Gasteiger partial charge in [-0.15, -0.1) is 13.2 Å². The van der Waals surface area contributed by atoms with Crippen LogP contribution in [0.4, 0.5) is 18.9 Å². The number of fused-ring (bicyclic) bond motifs is 1. The third-order valence-electron chi connectivity index (χ3n) is 4.35. The molecular formula is C20H19F3N2O3. The van der Waals surface area contributed by atoms with E-state index in [0.29, 0.717) is 17.7 Å². The summed E-state index contributed by atoms with van der Waals surface area (Å²) in [6.45, 7) is 1.72. The Morgan fingerprint density at radius 2 is 1.96 bits per heavy atom. The molecule has 3 rings (SSSR count). The monoisotopic (exact) mass is 392 g/mol. The summed E-state index contributed by atoms with van der Waals surface area (Å²) in [7, 11) is 0. The van der Waals surface area contributed by atoms with E-state index in [4.69, 9.17) is 0 Å². The van der Waals surface area contributed by atoms with Gasteiger partial charge in [0.25, 0.3) is 5.91 Å². The molecule has 28 heavy (non-hydrogen) atoms. The number of alkyl halides is 3. The van der Waals surface area contributed by atoms with Crippen LogP contribution in [0.3, 0.4) is 0 Å². The molecule has 5 nitrogen and oxygen atoms in total. The van der Waals surface area contributed by atoms with Crippen LogP contribution in [0.1, 0.15) is 34.8 Å². The van der Waals surface area contributed by atoms with E-state index in [0.717, 1.165) is 5.56 Å². The van der Waals surface area contributed by atoms with Gasteiger partial charge < -0.3 is 15.4 Å². The van der Waals surface area contributed by atoms with E-state index in [-0.39, 0.29) is 36.1 Å². The van der Waals surface area contributed by atoms with Gasteiger partial charge in [-0.1, -0.05) is 30.3 Å². The summed E-state index contributed by atoms with van der Waals surface area (Å²) in [5.74, 6) is -0.734. The van der Waals surface area contributed by atoms with E-state index < -0.39 is 12.3 Å². The van der Waals surface area contributed by atoms with Crippen molar-refractivity contribution in [2.45, 2.75) is 38.7 Å². The third-order valence-corrected chi connectivity index (χ3v) is 4.35. The van der Waals surface area contributed by atoms with Gasteiger partial charge in [0.2, 0.25) is 0 Å². The van der Waals surface area contributed by atoms with Gasteiger partial charge in [-0.2, -0.15) is 0 Å². The summed E-state index contributed by atoms with van der Waals surface area (Å²) in [5, 5.41) is 5.81. The molecule has 0 fully saturated rings. The Bertz CT molecular complexity index is 897. The van der Waals surface area contributed by atoms with Crippen molar-refractivity contribution in [3.63, 3.8) is 0 Å². The first-order chi connectivity index (χ1) is 13.2. The number of rotatable bonds is 4. The highest BCUT2D eigenvalue weighted by atomic mass is 19.4. The van der Waals surface area contributed by atoms with Gasteiger partial charge in [0.1, 0.15) is 11.5 Å². The van der Waals surface area contributed by atoms with Crippen molar-refractivity contribution < 1.29 is 27.5 Å². The van der Waals surface area contributed by atoms with Crippen LogP contribution in [-0.2, 0) is 17.8 Å². The van der Waals surface area contributed by atoms with E-state index in [1.165, 1.54) is 18.2 Å². The van der Waals surface area contributed by atoms with Gasteiger partial charge >= 0.3 is 6.36 Å². The molecule has 0 saturated carbocycles. The fraction of sp³-hybridized carbons (Fsp3) is 0.300. The summed E-state index contributed by atoms with van der Waals surface area (Å²) in [5.41, 5.74) is 1.85. The lowest BCUT2D eigenvalue weighted by Crippen LogP contribution is -2.26. The van der Waals surface area contributed by atoms with Gasteiger partial charge in [-0.3, -0.25) is 9.59 Å². The molecule has 0 aromatic heterocycles. The zero-order chi connectivity index (χ0) is 20.3. The van der Waals surface area contributed by atoms with Gasteiger partial charge in [0.05, 0.1) is 11.3 Å². The fourth-order valence-electron chi connectivity index (χ4n) is 3.18. The summed E-state index contributed by atoms with van der Waals surface area (Å²) < 4.78 is 41.6. The molecule has 0 radical (unpaired) electrons. The highest BCUT2D eigenvalue weighted by molar-refractivity contribution is 6.01. The van der Waals surface area contributed by atoms with Crippen LogP contribution in [0.5, 0.6) is 5.75 Å². The molecule has 1 aliphatic rings. The molecule has 2 N–H and O–H groups in total. The lowest BCUT2D eigenvalue weighted by Gasteiger charge is -2.17. The first-order valence-electron chi connectivity index (χ1n) is 8.75. The lowest BCUT2D eigenvalue weighted by molar-refractivity contribution is -0.274. The van der Waals surface area contributed by atoms with Crippen LogP contribution < -0.4 is 15.4 Å². The largest absolute Gasteiger partial charge is 0.573 e.